The molecule has 1 aliphatic carbocycles. The molecule has 0 amide bonds. The molecule has 3 aromatic rings. The molecule has 0 bridgehead atoms. The monoisotopic (exact) mass is 548 g/mol. The molecule has 0 N–H and O–H groups in total. The summed E-state index contributed by atoms with van der Waals surface area (Å²) in [5, 5.41) is -1.75. The summed E-state index contributed by atoms with van der Waals surface area (Å²) in [5.74, 6) is -7.12. The van der Waals surface area contributed by atoms with E-state index in [1.165, 1.54) is 5.92 Å². The quantitative estimate of drug-likeness (QED) is 0.234. The Labute approximate surface area is 210 Å². The Hall–Kier alpha value is -3.42. The Kier molecular flexibility index (Phi) is 7.30. The van der Waals surface area contributed by atoms with E-state index in [-0.39, 0.29) is 17.5 Å². The molecule has 0 atom stereocenters. The van der Waals surface area contributed by atoms with Gasteiger partial charge in [-0.05, 0) is 59.9 Å². The van der Waals surface area contributed by atoms with Gasteiger partial charge < -0.3 is 4.74 Å². The lowest BCUT2D eigenvalue weighted by molar-refractivity contribution is -0.189. The van der Waals surface area contributed by atoms with Gasteiger partial charge >= 0.3 is 12.3 Å². The van der Waals surface area contributed by atoms with Crippen molar-refractivity contribution in [2.24, 2.45) is 5.92 Å². The summed E-state index contributed by atoms with van der Waals surface area (Å²) in [7, 11) is 0. The van der Waals surface area contributed by atoms with Crippen LogP contribution in [0.1, 0.15) is 55.2 Å². The van der Waals surface area contributed by atoms with Gasteiger partial charge in [0.25, 0.3) is 0 Å². The predicted molar refractivity (Wildman–Crippen MR) is 118 cm³/mol. The number of benzene rings is 3. The summed E-state index contributed by atoms with van der Waals surface area (Å²) in [6, 6.07) is 2.74. The van der Waals surface area contributed by atoms with Crippen LogP contribution in [-0.2, 0) is 6.11 Å². The molecule has 0 radical (unpaired) electrons. The standard InChI is InChI=1S/C27H18F10O/c1-13-2-4-14(5-3-13)15-9-21(30)24(22(31)10-15)27(36,37)38-17-8-16-11-19(28)18(6-7-26(33,34)35)25(32)23(16)20(29)12-17/h8-14H,2-5H2,1H3. The molecular weight excluding hydrogens is 530 g/mol. The van der Waals surface area contributed by atoms with E-state index < -0.39 is 69.0 Å². The van der Waals surface area contributed by atoms with Crippen LogP contribution in [-0.4, -0.2) is 6.18 Å². The molecule has 3 aromatic carbocycles. The Morgan fingerprint density at radius 2 is 1.37 bits per heavy atom. The number of fused-ring (bicyclic) bond motifs is 1. The molecule has 4 rings (SSSR count). The summed E-state index contributed by atoms with van der Waals surface area (Å²) in [6.07, 6.45) is -6.84. The lowest BCUT2D eigenvalue weighted by Gasteiger charge is -2.27. The van der Waals surface area contributed by atoms with E-state index in [0.29, 0.717) is 36.8 Å². The average Bonchev–Trinajstić information content (AvgIpc) is 2.77. The molecular formula is C27H18F10O. The largest absolute Gasteiger partial charge is 0.458 e. The van der Waals surface area contributed by atoms with Crippen molar-refractivity contribution >= 4 is 10.8 Å². The van der Waals surface area contributed by atoms with E-state index >= 15 is 0 Å². The van der Waals surface area contributed by atoms with Crippen molar-refractivity contribution in [3.63, 3.8) is 0 Å². The first-order chi connectivity index (χ1) is 17.7. The Morgan fingerprint density at radius 3 is 1.95 bits per heavy atom. The van der Waals surface area contributed by atoms with Gasteiger partial charge in [0, 0.05) is 12.0 Å². The number of hydrogen-bond donors (Lipinski definition) is 0. The van der Waals surface area contributed by atoms with Crippen LogP contribution in [0.25, 0.3) is 10.8 Å². The highest BCUT2D eigenvalue weighted by Crippen LogP contribution is 2.41. The van der Waals surface area contributed by atoms with E-state index in [2.05, 4.69) is 4.74 Å². The first-order valence-corrected chi connectivity index (χ1v) is 11.4. The van der Waals surface area contributed by atoms with Crippen LogP contribution < -0.4 is 4.74 Å². The lowest BCUT2D eigenvalue weighted by atomic mass is 9.79. The number of rotatable bonds is 4. The minimum atomic E-state index is -5.09. The van der Waals surface area contributed by atoms with Gasteiger partial charge in [-0.15, -0.1) is 0 Å². The Bertz CT molecular complexity index is 1420. The third-order valence-corrected chi connectivity index (χ3v) is 6.47. The van der Waals surface area contributed by atoms with Crippen molar-refractivity contribution in [3.8, 4) is 17.6 Å². The molecule has 1 nitrogen and oxygen atoms in total. The van der Waals surface area contributed by atoms with Gasteiger partial charge in [-0.25, -0.2) is 22.0 Å². The maximum absolute atomic E-state index is 14.9. The van der Waals surface area contributed by atoms with E-state index in [1.54, 1.807) is 0 Å². The highest BCUT2D eigenvalue weighted by Gasteiger charge is 2.42. The number of halogens is 10. The highest BCUT2D eigenvalue weighted by atomic mass is 19.4. The first kappa shape index (κ1) is 27.6. The van der Waals surface area contributed by atoms with Crippen molar-refractivity contribution in [3.05, 3.63) is 76.1 Å². The average molecular weight is 548 g/mol. The fraction of sp³-hybridized carbons (Fsp3) is 0.333. The van der Waals surface area contributed by atoms with E-state index in [0.717, 1.165) is 25.0 Å². The van der Waals surface area contributed by atoms with Gasteiger partial charge in [-0.1, -0.05) is 25.7 Å². The van der Waals surface area contributed by atoms with Crippen LogP contribution >= 0.6 is 0 Å². The molecule has 1 aliphatic rings. The van der Waals surface area contributed by atoms with E-state index in [9.17, 15) is 43.9 Å². The zero-order valence-electron chi connectivity index (χ0n) is 19.6. The van der Waals surface area contributed by atoms with E-state index in [1.807, 2.05) is 6.92 Å². The fourth-order valence-electron chi connectivity index (χ4n) is 4.59. The van der Waals surface area contributed by atoms with Gasteiger partial charge in [0.05, 0.1) is 10.9 Å². The molecule has 0 aliphatic heterocycles. The van der Waals surface area contributed by atoms with Crippen molar-refractivity contribution in [2.45, 2.75) is 50.8 Å². The lowest BCUT2D eigenvalue weighted by Crippen LogP contribution is -2.25. The molecule has 1 fully saturated rings. The zero-order chi connectivity index (χ0) is 28.0. The van der Waals surface area contributed by atoms with Crippen molar-refractivity contribution in [1.29, 1.82) is 0 Å². The van der Waals surface area contributed by atoms with Crippen LogP contribution in [0.2, 0.25) is 0 Å². The molecule has 1 saturated carbocycles. The third-order valence-electron chi connectivity index (χ3n) is 6.47. The smallest absolute Gasteiger partial charge is 0.429 e. The van der Waals surface area contributed by atoms with Crippen molar-refractivity contribution < 1.29 is 48.6 Å². The first-order valence-electron chi connectivity index (χ1n) is 11.4. The second-order valence-electron chi connectivity index (χ2n) is 9.23. The topological polar surface area (TPSA) is 9.23 Å². The minimum Gasteiger partial charge on any atom is -0.429 e. The molecule has 38 heavy (non-hydrogen) atoms. The maximum atomic E-state index is 14.9. The van der Waals surface area contributed by atoms with Crippen molar-refractivity contribution in [1.82, 2.24) is 0 Å². The highest BCUT2D eigenvalue weighted by molar-refractivity contribution is 5.87. The molecule has 0 aromatic heterocycles. The van der Waals surface area contributed by atoms with Gasteiger partial charge in [0.15, 0.2) is 5.82 Å². The summed E-state index contributed by atoms with van der Waals surface area (Å²) < 4.78 is 144. The van der Waals surface area contributed by atoms with Crippen LogP contribution in [0.3, 0.4) is 0 Å². The van der Waals surface area contributed by atoms with Crippen molar-refractivity contribution in [2.75, 3.05) is 0 Å². The maximum Gasteiger partial charge on any atom is 0.458 e. The number of alkyl halides is 5. The van der Waals surface area contributed by atoms with Crippen LogP contribution in [0, 0.1) is 46.8 Å². The van der Waals surface area contributed by atoms with Gasteiger partial charge in [-0.2, -0.15) is 22.0 Å². The Balaban J connectivity index is 1.68. The molecule has 0 unspecified atom stereocenters. The second kappa shape index (κ2) is 10.0. The van der Waals surface area contributed by atoms with Gasteiger partial charge in [-0.3, -0.25) is 0 Å². The van der Waals surface area contributed by atoms with Gasteiger partial charge in [0.1, 0.15) is 34.6 Å². The third kappa shape index (κ3) is 5.69. The van der Waals surface area contributed by atoms with Crippen LogP contribution in [0.15, 0.2) is 30.3 Å². The fourth-order valence-corrected chi connectivity index (χ4v) is 4.59. The van der Waals surface area contributed by atoms with Crippen LogP contribution in [0.4, 0.5) is 43.9 Å². The summed E-state index contributed by atoms with van der Waals surface area (Å²) in [5.41, 5.74) is -2.90. The molecule has 0 saturated heterocycles. The van der Waals surface area contributed by atoms with E-state index in [4.69, 9.17) is 0 Å². The predicted octanol–water partition coefficient (Wildman–Crippen LogP) is 8.87. The SMILES string of the molecule is CC1CCC(c2cc(F)c(C(F)(F)Oc3cc(F)c4c(F)c(C#CC(F)(F)F)c(F)cc4c3)c(F)c2)CC1. The number of hydrogen-bond acceptors (Lipinski definition) is 1. The normalized spacial score (nSPS) is 18.3. The van der Waals surface area contributed by atoms with Gasteiger partial charge in [0.2, 0.25) is 0 Å². The Morgan fingerprint density at radius 1 is 0.763 bits per heavy atom. The minimum absolute atomic E-state index is 0.205. The molecule has 0 spiro atoms. The second-order valence-corrected chi connectivity index (χ2v) is 9.23. The summed E-state index contributed by atoms with van der Waals surface area (Å²) in [4.78, 5) is 0. The summed E-state index contributed by atoms with van der Waals surface area (Å²) in [6.45, 7) is 2.04. The molecule has 0 heterocycles. The molecule has 11 heteroatoms. The summed E-state index contributed by atoms with van der Waals surface area (Å²) >= 11 is 0. The molecule has 202 valence electrons. The van der Waals surface area contributed by atoms with Crippen LogP contribution in [0.5, 0.6) is 5.75 Å². The zero-order valence-corrected chi connectivity index (χ0v) is 19.6. The number of ether oxygens (including phenoxy) is 1.